The Bertz CT molecular complexity index is 763. The summed E-state index contributed by atoms with van der Waals surface area (Å²) >= 11 is 0. The molecule has 0 bridgehead atoms. The Kier molecular flexibility index (Phi) is 6.63. The lowest BCUT2D eigenvalue weighted by atomic mass is 9.99. The van der Waals surface area contributed by atoms with Crippen molar-refractivity contribution in [3.05, 3.63) is 29.8 Å². The quantitative estimate of drug-likeness (QED) is 0.763. The number of hydrogen-bond acceptors (Lipinski definition) is 5. The van der Waals surface area contributed by atoms with E-state index in [4.69, 9.17) is 4.74 Å². The highest BCUT2D eigenvalue weighted by atomic mass is 32.2. The van der Waals surface area contributed by atoms with Crippen molar-refractivity contribution in [3.63, 3.8) is 0 Å². The minimum Gasteiger partial charge on any atom is -0.449 e. The predicted molar refractivity (Wildman–Crippen MR) is 99.4 cm³/mol. The number of amides is 1. The van der Waals surface area contributed by atoms with Gasteiger partial charge in [0.2, 0.25) is 10.0 Å². The van der Waals surface area contributed by atoms with Crippen LogP contribution >= 0.6 is 0 Å². The van der Waals surface area contributed by atoms with Crippen molar-refractivity contribution >= 4 is 27.6 Å². The van der Waals surface area contributed by atoms with Crippen LogP contribution in [0.25, 0.3) is 0 Å². The maximum atomic E-state index is 12.7. The number of esters is 1. The Morgan fingerprint density at radius 1 is 1.31 bits per heavy atom. The fraction of sp³-hybridized carbons (Fsp3) is 0.556. The number of carbonyl (C=O) groups excluding carboxylic acids is 2. The van der Waals surface area contributed by atoms with Crippen molar-refractivity contribution in [2.75, 3.05) is 17.5 Å². The second-order valence-corrected chi connectivity index (χ2v) is 8.31. The van der Waals surface area contributed by atoms with Crippen LogP contribution in [0.3, 0.4) is 0 Å². The molecule has 0 radical (unpaired) electrons. The third-order valence-corrected chi connectivity index (χ3v) is 5.05. The van der Waals surface area contributed by atoms with Gasteiger partial charge in [0.15, 0.2) is 6.10 Å². The molecule has 1 heterocycles. The van der Waals surface area contributed by atoms with Gasteiger partial charge in [-0.15, -0.1) is 0 Å². The molecule has 1 aliphatic rings. The summed E-state index contributed by atoms with van der Waals surface area (Å²) in [5, 5.41) is 0. The zero-order valence-corrected chi connectivity index (χ0v) is 16.2. The summed E-state index contributed by atoms with van der Waals surface area (Å²) in [6, 6.07) is 6.33. The van der Waals surface area contributed by atoms with E-state index in [1.54, 1.807) is 24.0 Å². The summed E-state index contributed by atoms with van der Waals surface area (Å²) < 4.78 is 30.5. The molecule has 144 valence electrons. The van der Waals surface area contributed by atoms with Crippen LogP contribution in [0.2, 0.25) is 0 Å². The summed E-state index contributed by atoms with van der Waals surface area (Å²) in [6.07, 6.45) is 3.95. The second kappa shape index (κ2) is 8.53. The van der Waals surface area contributed by atoms with Crippen LogP contribution in [-0.4, -0.2) is 50.1 Å². The van der Waals surface area contributed by atoms with E-state index in [1.165, 1.54) is 12.1 Å². The molecule has 8 heteroatoms. The van der Waals surface area contributed by atoms with Gasteiger partial charge in [-0.2, -0.15) is 0 Å². The molecule has 1 saturated heterocycles. The molecular formula is C18H26N2O5S. The molecule has 1 N–H and O–H groups in total. The standard InChI is InChI=1S/C18H26N2O5S/c1-4-14-9-7-8-12-20(14)17(21)13(2)25-18(22)15-10-5-6-11-16(15)19-26(3,23)24/h5-6,10-11,13-14,19H,4,7-9,12H2,1-3H3. The van der Waals surface area contributed by atoms with Gasteiger partial charge in [-0.05, 0) is 44.7 Å². The minimum atomic E-state index is -3.54. The van der Waals surface area contributed by atoms with Gasteiger partial charge in [-0.1, -0.05) is 19.1 Å². The smallest absolute Gasteiger partial charge is 0.341 e. The molecule has 0 aromatic heterocycles. The summed E-state index contributed by atoms with van der Waals surface area (Å²) in [5.74, 6) is -0.943. The summed E-state index contributed by atoms with van der Waals surface area (Å²) in [7, 11) is -3.54. The van der Waals surface area contributed by atoms with Gasteiger partial charge in [-0.25, -0.2) is 13.2 Å². The van der Waals surface area contributed by atoms with Crippen molar-refractivity contribution in [2.45, 2.75) is 51.7 Å². The third kappa shape index (κ3) is 5.20. The highest BCUT2D eigenvalue weighted by Gasteiger charge is 2.31. The van der Waals surface area contributed by atoms with Crippen LogP contribution in [0.4, 0.5) is 5.69 Å². The molecule has 1 amide bonds. The topological polar surface area (TPSA) is 92.8 Å². The van der Waals surface area contributed by atoms with Crippen LogP contribution in [-0.2, 0) is 19.6 Å². The van der Waals surface area contributed by atoms with Crippen molar-refractivity contribution in [1.82, 2.24) is 4.90 Å². The van der Waals surface area contributed by atoms with Gasteiger partial charge < -0.3 is 9.64 Å². The fourth-order valence-corrected chi connectivity index (χ4v) is 3.75. The van der Waals surface area contributed by atoms with E-state index < -0.39 is 22.1 Å². The average Bonchev–Trinajstić information content (AvgIpc) is 2.60. The van der Waals surface area contributed by atoms with E-state index in [0.29, 0.717) is 6.54 Å². The first-order valence-electron chi connectivity index (χ1n) is 8.81. The van der Waals surface area contributed by atoms with Gasteiger partial charge in [0.25, 0.3) is 5.91 Å². The first-order valence-corrected chi connectivity index (χ1v) is 10.7. The van der Waals surface area contributed by atoms with Gasteiger partial charge in [0.1, 0.15) is 0 Å². The molecule has 0 saturated carbocycles. The summed E-state index contributed by atoms with van der Waals surface area (Å²) in [6.45, 7) is 4.26. The van der Waals surface area contributed by atoms with E-state index in [-0.39, 0.29) is 23.2 Å². The molecule has 2 atom stereocenters. The predicted octanol–water partition coefficient (Wildman–Crippen LogP) is 2.39. The Morgan fingerprint density at radius 2 is 2.00 bits per heavy atom. The Balaban J connectivity index is 2.10. The van der Waals surface area contributed by atoms with Crippen molar-refractivity contribution in [3.8, 4) is 0 Å². The van der Waals surface area contributed by atoms with Crippen LogP contribution in [0.5, 0.6) is 0 Å². The first kappa shape index (κ1) is 20.2. The van der Waals surface area contributed by atoms with E-state index in [9.17, 15) is 18.0 Å². The molecule has 1 aromatic carbocycles. The van der Waals surface area contributed by atoms with Gasteiger partial charge in [-0.3, -0.25) is 9.52 Å². The number of benzene rings is 1. The zero-order chi connectivity index (χ0) is 19.3. The van der Waals surface area contributed by atoms with E-state index in [1.807, 2.05) is 6.92 Å². The van der Waals surface area contributed by atoms with E-state index in [2.05, 4.69) is 4.72 Å². The van der Waals surface area contributed by atoms with Gasteiger partial charge in [0.05, 0.1) is 17.5 Å². The molecule has 26 heavy (non-hydrogen) atoms. The molecule has 0 spiro atoms. The second-order valence-electron chi connectivity index (χ2n) is 6.56. The number of para-hydroxylation sites is 1. The SMILES string of the molecule is CCC1CCCCN1C(=O)C(C)OC(=O)c1ccccc1NS(C)(=O)=O. The van der Waals surface area contributed by atoms with Gasteiger partial charge >= 0.3 is 5.97 Å². The van der Waals surface area contributed by atoms with Gasteiger partial charge in [0, 0.05) is 12.6 Å². The number of hydrogen-bond donors (Lipinski definition) is 1. The normalized spacial score (nSPS) is 18.9. The number of rotatable bonds is 6. The maximum absolute atomic E-state index is 12.7. The Morgan fingerprint density at radius 3 is 2.65 bits per heavy atom. The molecule has 1 aromatic rings. The highest BCUT2D eigenvalue weighted by molar-refractivity contribution is 7.92. The number of nitrogens with zero attached hydrogens (tertiary/aromatic N) is 1. The minimum absolute atomic E-state index is 0.0725. The number of likely N-dealkylation sites (tertiary alicyclic amines) is 1. The molecule has 7 nitrogen and oxygen atoms in total. The van der Waals surface area contributed by atoms with Crippen LogP contribution in [0, 0.1) is 0 Å². The molecule has 2 unspecified atom stereocenters. The van der Waals surface area contributed by atoms with E-state index >= 15 is 0 Å². The lowest BCUT2D eigenvalue weighted by Gasteiger charge is -2.36. The largest absolute Gasteiger partial charge is 0.449 e. The zero-order valence-electron chi connectivity index (χ0n) is 15.4. The monoisotopic (exact) mass is 382 g/mol. The molecular weight excluding hydrogens is 356 g/mol. The molecule has 1 aliphatic heterocycles. The molecule has 2 rings (SSSR count). The first-order chi connectivity index (χ1) is 12.2. The lowest BCUT2D eigenvalue weighted by molar-refractivity contribution is -0.143. The Labute approximate surface area is 154 Å². The van der Waals surface area contributed by atoms with Crippen LogP contribution < -0.4 is 4.72 Å². The summed E-state index contributed by atoms with van der Waals surface area (Å²) in [4.78, 5) is 27.0. The van der Waals surface area contributed by atoms with Crippen molar-refractivity contribution in [2.24, 2.45) is 0 Å². The number of nitrogens with one attached hydrogen (secondary N) is 1. The molecule has 1 fully saturated rings. The Hall–Kier alpha value is -2.09. The third-order valence-electron chi connectivity index (χ3n) is 4.46. The average molecular weight is 382 g/mol. The highest BCUT2D eigenvalue weighted by Crippen LogP contribution is 2.22. The summed E-state index contributed by atoms with van der Waals surface area (Å²) in [5.41, 5.74) is 0.201. The number of anilines is 1. The van der Waals surface area contributed by atoms with Crippen molar-refractivity contribution in [1.29, 1.82) is 0 Å². The molecule has 0 aliphatic carbocycles. The maximum Gasteiger partial charge on any atom is 0.341 e. The number of carbonyl (C=O) groups is 2. The fourth-order valence-electron chi connectivity index (χ4n) is 3.17. The number of ether oxygens (including phenoxy) is 1. The van der Waals surface area contributed by atoms with E-state index in [0.717, 1.165) is 31.9 Å². The lowest BCUT2D eigenvalue weighted by Crippen LogP contribution is -2.48. The number of piperidine rings is 1. The van der Waals surface area contributed by atoms with Crippen LogP contribution in [0.15, 0.2) is 24.3 Å². The van der Waals surface area contributed by atoms with Crippen molar-refractivity contribution < 1.29 is 22.7 Å². The van der Waals surface area contributed by atoms with Crippen LogP contribution in [0.1, 0.15) is 49.9 Å². The number of sulfonamides is 1.